The van der Waals surface area contributed by atoms with Crippen LogP contribution < -0.4 is 4.74 Å². The lowest BCUT2D eigenvalue weighted by atomic mass is 10.1. The summed E-state index contributed by atoms with van der Waals surface area (Å²) in [6.07, 6.45) is -3.32. The molecule has 0 aliphatic rings. The van der Waals surface area contributed by atoms with E-state index in [1.54, 1.807) is 18.2 Å². The second-order valence-corrected chi connectivity index (χ2v) is 10.8. The highest BCUT2D eigenvalue weighted by atomic mass is 32.2. The number of aliphatic hydroxyl groups excluding tert-OH is 1. The Morgan fingerprint density at radius 2 is 1.63 bits per heavy atom. The Morgan fingerprint density at radius 1 is 0.947 bits per heavy atom. The highest BCUT2D eigenvalue weighted by molar-refractivity contribution is 7.90. The molecule has 38 heavy (non-hydrogen) atoms. The Bertz CT molecular complexity index is 1330. The molecule has 0 amide bonds. The van der Waals surface area contributed by atoms with Gasteiger partial charge in [-0.05, 0) is 48.2 Å². The molecule has 0 aliphatic heterocycles. The lowest BCUT2D eigenvalue weighted by Gasteiger charge is -2.23. The van der Waals surface area contributed by atoms with Crippen LogP contribution in [0.25, 0.3) is 0 Å². The molecule has 0 radical (unpaired) electrons. The van der Waals surface area contributed by atoms with Crippen LogP contribution in [0.15, 0.2) is 65.6 Å². The summed E-state index contributed by atoms with van der Waals surface area (Å²) >= 11 is 0. The lowest BCUT2D eigenvalue weighted by molar-refractivity contribution is -0.137. The molecular formula is C27H28F5NO4S. The predicted octanol–water partition coefficient (Wildman–Crippen LogP) is 5.39. The number of hydrogen-bond donors (Lipinski definition) is 1. The second kappa shape index (κ2) is 12.7. The van der Waals surface area contributed by atoms with Crippen LogP contribution in [0.5, 0.6) is 5.75 Å². The molecule has 0 aliphatic carbocycles. The quantitative estimate of drug-likeness (QED) is 0.239. The molecule has 0 bridgehead atoms. The first kappa shape index (κ1) is 29.5. The zero-order valence-corrected chi connectivity index (χ0v) is 21.5. The molecule has 3 aromatic rings. The SMILES string of the molecule is CS(=O)(=O)c1cc(OCCCN(Cc2ccc(F)cc2)Cc2cccc(C(F)(F)F)c2)cc(F)c1CCO. The second-order valence-electron chi connectivity index (χ2n) is 8.86. The third kappa shape index (κ3) is 8.50. The van der Waals surface area contributed by atoms with Crippen molar-refractivity contribution in [2.45, 2.75) is 37.0 Å². The van der Waals surface area contributed by atoms with Gasteiger partial charge in [0.2, 0.25) is 0 Å². The number of sulfone groups is 1. The monoisotopic (exact) mass is 557 g/mol. The largest absolute Gasteiger partial charge is 0.493 e. The first-order chi connectivity index (χ1) is 17.9. The van der Waals surface area contributed by atoms with Crippen molar-refractivity contribution in [2.75, 3.05) is 26.0 Å². The fraction of sp³-hybridized carbons (Fsp3) is 0.333. The number of ether oxygens (including phenoxy) is 1. The summed E-state index contributed by atoms with van der Waals surface area (Å²) in [7, 11) is -3.78. The van der Waals surface area contributed by atoms with E-state index in [1.165, 1.54) is 24.3 Å². The van der Waals surface area contributed by atoms with Gasteiger partial charge in [-0.2, -0.15) is 13.2 Å². The third-order valence-electron chi connectivity index (χ3n) is 5.76. The Labute approximate surface area is 218 Å². The minimum Gasteiger partial charge on any atom is -0.493 e. The summed E-state index contributed by atoms with van der Waals surface area (Å²) < 4.78 is 97.1. The number of halogens is 5. The Balaban J connectivity index is 1.71. The van der Waals surface area contributed by atoms with Gasteiger partial charge in [-0.3, -0.25) is 4.90 Å². The van der Waals surface area contributed by atoms with Crippen molar-refractivity contribution in [1.82, 2.24) is 4.90 Å². The minimum atomic E-state index is -4.47. The smallest absolute Gasteiger partial charge is 0.416 e. The number of benzene rings is 3. The summed E-state index contributed by atoms with van der Waals surface area (Å²) in [5.74, 6) is -1.20. The van der Waals surface area contributed by atoms with E-state index in [4.69, 9.17) is 9.84 Å². The number of nitrogens with zero attached hydrogens (tertiary/aromatic N) is 1. The fourth-order valence-corrected chi connectivity index (χ4v) is 4.98. The molecule has 11 heteroatoms. The van der Waals surface area contributed by atoms with Crippen molar-refractivity contribution >= 4 is 9.84 Å². The molecule has 0 spiro atoms. The maximum atomic E-state index is 14.5. The Hall–Kier alpha value is -3.02. The number of alkyl halides is 3. The standard InChI is InChI=1S/C27H28F5NO4S/c1-38(35,36)26-16-23(15-25(29)24(26)10-12-34)37-13-3-11-33(17-19-6-8-22(28)9-7-19)18-20-4-2-5-21(14-20)27(30,31)32/h2,4-9,14-16,34H,3,10-13,17-18H2,1H3. The van der Waals surface area contributed by atoms with Gasteiger partial charge in [-0.15, -0.1) is 0 Å². The van der Waals surface area contributed by atoms with Gasteiger partial charge in [-0.25, -0.2) is 17.2 Å². The molecule has 3 aromatic carbocycles. The molecule has 0 atom stereocenters. The molecule has 5 nitrogen and oxygen atoms in total. The van der Waals surface area contributed by atoms with Gasteiger partial charge in [0.05, 0.1) is 17.1 Å². The van der Waals surface area contributed by atoms with E-state index in [-0.39, 0.29) is 35.8 Å². The fourth-order valence-electron chi connectivity index (χ4n) is 4.00. The molecule has 0 saturated carbocycles. The number of hydrogen-bond acceptors (Lipinski definition) is 5. The summed E-state index contributed by atoms with van der Waals surface area (Å²) in [5, 5.41) is 9.14. The Kier molecular flexibility index (Phi) is 9.86. The van der Waals surface area contributed by atoms with E-state index >= 15 is 0 Å². The van der Waals surface area contributed by atoms with Gasteiger partial charge in [-0.1, -0.05) is 30.3 Å². The van der Waals surface area contributed by atoms with Crippen molar-refractivity contribution in [3.05, 3.63) is 94.6 Å². The number of aliphatic hydroxyl groups is 1. The predicted molar refractivity (Wildman–Crippen MR) is 132 cm³/mol. The van der Waals surface area contributed by atoms with Crippen LogP contribution in [0, 0.1) is 11.6 Å². The topological polar surface area (TPSA) is 66.8 Å². The van der Waals surface area contributed by atoms with Crippen LogP contribution in [0.3, 0.4) is 0 Å². The summed E-state index contributed by atoms with van der Waals surface area (Å²) in [6.45, 7) is 0.542. The van der Waals surface area contributed by atoms with E-state index in [0.29, 0.717) is 25.1 Å². The highest BCUT2D eigenvalue weighted by Crippen LogP contribution is 2.30. The lowest BCUT2D eigenvalue weighted by Crippen LogP contribution is -2.25. The average Bonchev–Trinajstić information content (AvgIpc) is 2.83. The van der Waals surface area contributed by atoms with E-state index < -0.39 is 39.8 Å². The van der Waals surface area contributed by atoms with Gasteiger partial charge in [0.25, 0.3) is 0 Å². The Morgan fingerprint density at radius 3 is 2.26 bits per heavy atom. The van der Waals surface area contributed by atoms with Crippen molar-refractivity contribution in [2.24, 2.45) is 0 Å². The summed E-state index contributed by atoms with van der Waals surface area (Å²) in [4.78, 5) is 1.61. The van der Waals surface area contributed by atoms with Crippen LogP contribution >= 0.6 is 0 Å². The third-order valence-corrected chi connectivity index (χ3v) is 6.92. The van der Waals surface area contributed by atoms with Gasteiger partial charge >= 0.3 is 6.18 Å². The first-order valence-corrected chi connectivity index (χ1v) is 13.6. The van der Waals surface area contributed by atoms with Gasteiger partial charge < -0.3 is 9.84 Å². The van der Waals surface area contributed by atoms with E-state index in [2.05, 4.69) is 0 Å². The van der Waals surface area contributed by atoms with E-state index in [9.17, 15) is 30.4 Å². The van der Waals surface area contributed by atoms with E-state index in [1.807, 2.05) is 4.90 Å². The first-order valence-electron chi connectivity index (χ1n) is 11.8. The molecular weight excluding hydrogens is 529 g/mol. The van der Waals surface area contributed by atoms with Crippen molar-refractivity contribution in [1.29, 1.82) is 0 Å². The molecule has 0 aromatic heterocycles. The van der Waals surface area contributed by atoms with Gasteiger partial charge in [0.1, 0.15) is 17.4 Å². The molecule has 3 rings (SSSR count). The molecule has 0 unspecified atom stereocenters. The van der Waals surface area contributed by atoms with Crippen molar-refractivity contribution < 1.29 is 40.2 Å². The van der Waals surface area contributed by atoms with Crippen molar-refractivity contribution in [3.63, 3.8) is 0 Å². The summed E-state index contributed by atoms with van der Waals surface area (Å²) in [6, 6.07) is 13.1. The van der Waals surface area contributed by atoms with Crippen LogP contribution in [0.4, 0.5) is 22.0 Å². The zero-order valence-electron chi connectivity index (χ0n) is 20.6. The van der Waals surface area contributed by atoms with Crippen LogP contribution in [0.1, 0.15) is 28.7 Å². The molecule has 0 heterocycles. The van der Waals surface area contributed by atoms with Gasteiger partial charge in [0.15, 0.2) is 9.84 Å². The average molecular weight is 558 g/mol. The molecule has 1 N–H and O–H groups in total. The maximum absolute atomic E-state index is 14.5. The van der Waals surface area contributed by atoms with Crippen molar-refractivity contribution in [3.8, 4) is 5.75 Å². The van der Waals surface area contributed by atoms with Crippen LogP contribution in [-0.4, -0.2) is 44.4 Å². The minimum absolute atomic E-state index is 0.00702. The number of rotatable bonds is 12. The molecule has 0 fully saturated rings. The normalized spacial score (nSPS) is 12.2. The van der Waals surface area contributed by atoms with Crippen LogP contribution in [0.2, 0.25) is 0 Å². The highest BCUT2D eigenvalue weighted by Gasteiger charge is 2.30. The van der Waals surface area contributed by atoms with E-state index in [0.717, 1.165) is 30.0 Å². The molecule has 0 saturated heterocycles. The van der Waals surface area contributed by atoms with Gasteiger partial charge in [0, 0.05) is 44.1 Å². The molecule has 206 valence electrons. The van der Waals surface area contributed by atoms with Crippen LogP contribution in [-0.2, 0) is 35.5 Å². The summed E-state index contributed by atoms with van der Waals surface area (Å²) in [5.41, 5.74) is 0.336. The zero-order chi connectivity index (χ0) is 27.9. The maximum Gasteiger partial charge on any atom is 0.416 e.